The summed E-state index contributed by atoms with van der Waals surface area (Å²) < 4.78 is 25.3. The van der Waals surface area contributed by atoms with Crippen LogP contribution in [0.4, 0.5) is 8.78 Å². The van der Waals surface area contributed by atoms with E-state index in [0.717, 1.165) is 18.4 Å². The highest BCUT2D eigenvalue weighted by Crippen LogP contribution is 2.36. The lowest BCUT2D eigenvalue weighted by molar-refractivity contribution is 0.0780. The molecule has 6 heteroatoms. The number of halogens is 4. The summed E-state index contributed by atoms with van der Waals surface area (Å²) in [4.78, 5) is 1.85. The minimum absolute atomic E-state index is 0. The van der Waals surface area contributed by atoms with Gasteiger partial charge in [0.25, 0.3) is 6.43 Å². The van der Waals surface area contributed by atoms with Gasteiger partial charge in [-0.15, -0.1) is 24.8 Å². The molecule has 0 amide bonds. The number of nitrogens with one attached hydrogen (secondary N) is 1. The first-order valence-electron chi connectivity index (χ1n) is 6.37. The molecule has 1 aromatic rings. The predicted octanol–water partition coefficient (Wildman–Crippen LogP) is 3.35. The molecule has 1 fully saturated rings. The van der Waals surface area contributed by atoms with E-state index in [1.165, 1.54) is 0 Å². The van der Waals surface area contributed by atoms with Crippen LogP contribution >= 0.6 is 24.8 Å². The van der Waals surface area contributed by atoms with Gasteiger partial charge < -0.3 is 5.32 Å². The fraction of sp³-hybridized carbons (Fsp3) is 0.571. The third-order valence-corrected chi connectivity index (χ3v) is 3.56. The van der Waals surface area contributed by atoms with Crippen LogP contribution < -0.4 is 5.32 Å². The largest absolute Gasteiger partial charge is 0.313 e. The monoisotopic (exact) mass is 326 g/mol. The van der Waals surface area contributed by atoms with Crippen molar-refractivity contribution < 1.29 is 8.78 Å². The normalized spacial score (nSPS) is 15.7. The summed E-state index contributed by atoms with van der Waals surface area (Å²) in [5, 5.41) is 3.26. The molecule has 0 bridgehead atoms. The Morgan fingerprint density at radius 3 is 2.25 bits per heavy atom. The molecule has 1 aromatic carbocycles. The van der Waals surface area contributed by atoms with E-state index in [2.05, 4.69) is 5.32 Å². The van der Waals surface area contributed by atoms with Gasteiger partial charge in [-0.05, 0) is 25.5 Å². The molecule has 20 heavy (non-hydrogen) atoms. The molecule has 116 valence electrons. The van der Waals surface area contributed by atoms with E-state index in [0.29, 0.717) is 13.1 Å². The Morgan fingerprint density at radius 2 is 1.80 bits per heavy atom. The maximum Gasteiger partial charge on any atom is 0.251 e. The molecular weight excluding hydrogens is 305 g/mol. The number of alkyl halides is 2. The van der Waals surface area contributed by atoms with E-state index in [9.17, 15) is 8.78 Å². The summed E-state index contributed by atoms with van der Waals surface area (Å²) >= 11 is 0. The van der Waals surface area contributed by atoms with Crippen molar-refractivity contribution in [2.24, 2.45) is 0 Å². The van der Waals surface area contributed by atoms with Crippen LogP contribution in [0.3, 0.4) is 0 Å². The van der Waals surface area contributed by atoms with Gasteiger partial charge in [-0.1, -0.05) is 30.3 Å². The Hall–Kier alpha value is -0.420. The summed E-state index contributed by atoms with van der Waals surface area (Å²) in [5.41, 5.74) is 1.16. The van der Waals surface area contributed by atoms with E-state index in [1.807, 2.05) is 42.3 Å². The van der Waals surface area contributed by atoms with Gasteiger partial charge in [-0.25, -0.2) is 8.78 Å². The van der Waals surface area contributed by atoms with Crippen LogP contribution in [0.2, 0.25) is 0 Å². The van der Waals surface area contributed by atoms with Crippen LogP contribution in [-0.2, 0) is 6.54 Å². The zero-order valence-corrected chi connectivity index (χ0v) is 13.2. The van der Waals surface area contributed by atoms with Crippen LogP contribution in [0.5, 0.6) is 0 Å². The first kappa shape index (κ1) is 19.6. The van der Waals surface area contributed by atoms with E-state index in [-0.39, 0.29) is 36.9 Å². The van der Waals surface area contributed by atoms with Crippen molar-refractivity contribution in [3.05, 3.63) is 35.9 Å². The van der Waals surface area contributed by atoms with E-state index >= 15 is 0 Å². The molecule has 0 unspecified atom stereocenters. The summed E-state index contributed by atoms with van der Waals surface area (Å²) in [6.45, 7) is 1.13. The third-order valence-electron chi connectivity index (χ3n) is 3.56. The van der Waals surface area contributed by atoms with Crippen molar-refractivity contribution in [3.63, 3.8) is 0 Å². The lowest BCUT2D eigenvalue weighted by atomic mass is 10.2. The summed E-state index contributed by atoms with van der Waals surface area (Å²) in [6.07, 6.45) is -0.114. The predicted molar refractivity (Wildman–Crippen MR) is 83.2 cm³/mol. The molecule has 0 aliphatic heterocycles. The van der Waals surface area contributed by atoms with Gasteiger partial charge in [-0.2, -0.15) is 0 Å². The average Bonchev–Trinajstić information content (AvgIpc) is 3.10. The second-order valence-corrected chi connectivity index (χ2v) is 5.08. The summed E-state index contributed by atoms with van der Waals surface area (Å²) in [7, 11) is 1.91. The lowest BCUT2D eigenvalue weighted by Crippen LogP contribution is -2.42. The molecule has 2 nitrogen and oxygen atoms in total. The maximum atomic E-state index is 12.6. The van der Waals surface area contributed by atoms with Crippen LogP contribution in [-0.4, -0.2) is 37.0 Å². The molecule has 0 spiro atoms. The highest BCUT2D eigenvalue weighted by Gasteiger charge is 2.42. The van der Waals surface area contributed by atoms with Gasteiger partial charge in [0.05, 0.1) is 6.54 Å². The van der Waals surface area contributed by atoms with Gasteiger partial charge in [-0.3, -0.25) is 4.90 Å². The Morgan fingerprint density at radius 1 is 1.20 bits per heavy atom. The molecule has 1 saturated carbocycles. The fourth-order valence-corrected chi connectivity index (χ4v) is 2.29. The molecule has 0 heterocycles. The van der Waals surface area contributed by atoms with Crippen LogP contribution in [0.25, 0.3) is 0 Å². The fourth-order valence-electron chi connectivity index (χ4n) is 2.29. The number of nitrogens with zero attached hydrogens (tertiary/aromatic N) is 1. The van der Waals surface area contributed by atoms with Crippen LogP contribution in [0, 0.1) is 0 Å². The molecule has 1 aliphatic carbocycles. The number of hydrogen-bond donors (Lipinski definition) is 1. The maximum absolute atomic E-state index is 12.6. The van der Waals surface area contributed by atoms with E-state index < -0.39 is 6.43 Å². The molecule has 0 saturated heterocycles. The van der Waals surface area contributed by atoms with Gasteiger partial charge in [0.2, 0.25) is 0 Å². The van der Waals surface area contributed by atoms with E-state index in [4.69, 9.17) is 0 Å². The molecule has 2 rings (SSSR count). The Kier molecular flexibility index (Phi) is 8.59. The Labute approximate surface area is 131 Å². The SMILES string of the molecule is CNC1(CN(Cc2ccccc2)CC(F)F)CC1.Cl.Cl. The van der Waals surface area contributed by atoms with Gasteiger partial charge in [0.1, 0.15) is 0 Å². The number of hydrogen-bond acceptors (Lipinski definition) is 2. The second-order valence-electron chi connectivity index (χ2n) is 5.08. The lowest BCUT2D eigenvalue weighted by Gasteiger charge is -2.27. The molecule has 1 aliphatic rings. The Bertz CT molecular complexity index is 373. The molecule has 1 N–H and O–H groups in total. The smallest absolute Gasteiger partial charge is 0.251 e. The minimum atomic E-state index is -2.28. The van der Waals surface area contributed by atoms with Gasteiger partial charge in [0.15, 0.2) is 0 Å². The first-order valence-corrected chi connectivity index (χ1v) is 6.37. The van der Waals surface area contributed by atoms with Crippen molar-refractivity contribution in [1.82, 2.24) is 10.2 Å². The molecule has 0 atom stereocenters. The number of benzene rings is 1. The summed E-state index contributed by atoms with van der Waals surface area (Å²) in [6, 6.07) is 9.80. The van der Waals surface area contributed by atoms with Gasteiger partial charge in [0, 0.05) is 18.6 Å². The second kappa shape index (κ2) is 8.78. The van der Waals surface area contributed by atoms with Crippen LogP contribution in [0.15, 0.2) is 30.3 Å². The minimum Gasteiger partial charge on any atom is -0.313 e. The number of likely N-dealkylation sites (N-methyl/N-ethyl adjacent to an activating group) is 1. The first-order chi connectivity index (χ1) is 8.63. The average molecular weight is 327 g/mol. The Balaban J connectivity index is 0.00000180. The van der Waals surface area contributed by atoms with E-state index in [1.54, 1.807) is 0 Å². The standard InChI is InChI=1S/C14H20F2N2.2ClH/c1-17-14(7-8-14)11-18(10-13(15)16)9-12-5-3-2-4-6-12;;/h2-6,13,17H,7-11H2,1H3;2*1H. The zero-order valence-electron chi connectivity index (χ0n) is 11.5. The van der Waals surface area contributed by atoms with Crippen molar-refractivity contribution in [3.8, 4) is 0 Å². The third kappa shape index (κ3) is 5.92. The van der Waals surface area contributed by atoms with Gasteiger partial charge >= 0.3 is 0 Å². The molecular formula is C14H22Cl2F2N2. The quantitative estimate of drug-likeness (QED) is 0.826. The van der Waals surface area contributed by atoms with Crippen molar-refractivity contribution in [2.75, 3.05) is 20.1 Å². The number of rotatable bonds is 7. The molecule has 0 radical (unpaired) electrons. The summed E-state index contributed by atoms with van der Waals surface area (Å²) in [5.74, 6) is 0. The van der Waals surface area contributed by atoms with Crippen molar-refractivity contribution >= 4 is 24.8 Å². The zero-order chi connectivity index (χ0) is 13.0. The highest BCUT2D eigenvalue weighted by molar-refractivity contribution is 5.85. The van der Waals surface area contributed by atoms with Crippen molar-refractivity contribution in [1.29, 1.82) is 0 Å². The highest BCUT2D eigenvalue weighted by atomic mass is 35.5. The molecule has 0 aromatic heterocycles. The topological polar surface area (TPSA) is 15.3 Å². The van der Waals surface area contributed by atoms with Crippen LogP contribution in [0.1, 0.15) is 18.4 Å². The van der Waals surface area contributed by atoms with Crippen molar-refractivity contribution in [2.45, 2.75) is 31.4 Å².